The molecule has 141 heavy (non-hydrogen) atoms. The molecule has 0 aliphatic heterocycles. The summed E-state index contributed by atoms with van der Waals surface area (Å²) in [5.41, 5.74) is 31.5. The number of hydrogen-bond donors (Lipinski definition) is 0. The van der Waals surface area contributed by atoms with Crippen LogP contribution in [0.2, 0.25) is 0 Å². The highest BCUT2D eigenvalue weighted by atomic mass is 16.3. The molecule has 27 rings (SSSR count). The molecule has 0 fully saturated rings. The lowest BCUT2D eigenvalue weighted by atomic mass is 9.97. The SMILES string of the molecule is c1ccc(-c2ccc(-c3nc(-c4ccccc4)nc(-c4cccc(-c5c6ncccc6nc6oc7ccccc7c56)c4)n3)cc2)cc1.c1ccc(-c2ccc(-c3nc(-c4ccccc4)nc(-c4cccc(-c5ccc6c(c5)oc5nc7ccccc7nc56)c4)n3)cc2)cc1.c1ccc(-c2ccc(-c3nc(-c4ccccc4)nc(-c4cccc(-c5ccc6oc7nc8ccccc8nc7c6c5)c4)n3)cc2)cc1. The first-order chi connectivity index (χ1) is 69.8. The van der Waals surface area contributed by atoms with Gasteiger partial charge in [-0.2, -0.15) is 0 Å². The minimum Gasteiger partial charge on any atom is -0.438 e. The van der Waals surface area contributed by atoms with Crippen LogP contribution in [0.5, 0.6) is 0 Å². The van der Waals surface area contributed by atoms with Gasteiger partial charge in [0.1, 0.15) is 27.8 Å². The maximum absolute atomic E-state index is 6.23. The lowest BCUT2D eigenvalue weighted by molar-refractivity contribution is 0.654. The van der Waals surface area contributed by atoms with Gasteiger partial charge in [-0.3, -0.25) is 4.98 Å². The van der Waals surface area contributed by atoms with Crippen molar-refractivity contribution in [2.24, 2.45) is 0 Å². The van der Waals surface area contributed by atoms with Crippen molar-refractivity contribution in [1.82, 2.24) is 74.8 Å². The maximum Gasteiger partial charge on any atom is 0.246 e. The van der Waals surface area contributed by atoms with E-state index in [0.29, 0.717) is 69.6 Å². The number of pyridine rings is 2. The number of fused-ring (bicyclic) bond motifs is 12. The molecule has 0 radical (unpaired) electrons. The van der Waals surface area contributed by atoms with E-state index in [2.05, 4.69) is 176 Å². The molecule has 0 saturated heterocycles. The summed E-state index contributed by atoms with van der Waals surface area (Å²) in [4.78, 5) is 73.4. The molecule has 660 valence electrons. The second-order valence-electron chi connectivity index (χ2n) is 34.1. The number of rotatable bonds is 15. The fourth-order valence-corrected chi connectivity index (χ4v) is 18.0. The van der Waals surface area contributed by atoms with Crippen molar-refractivity contribution in [2.75, 3.05) is 0 Å². The van der Waals surface area contributed by atoms with Gasteiger partial charge in [-0.25, -0.2) is 69.8 Å². The van der Waals surface area contributed by atoms with Gasteiger partial charge < -0.3 is 13.3 Å². The van der Waals surface area contributed by atoms with Crippen molar-refractivity contribution in [3.05, 3.63) is 455 Å². The molecular formula is C123H75N15O3. The van der Waals surface area contributed by atoms with Crippen LogP contribution in [0.1, 0.15) is 0 Å². The second-order valence-corrected chi connectivity index (χ2v) is 34.1. The molecule has 0 aliphatic rings. The van der Waals surface area contributed by atoms with E-state index in [0.717, 1.165) is 188 Å². The van der Waals surface area contributed by atoms with E-state index in [1.165, 1.54) is 11.1 Å². The van der Waals surface area contributed by atoms with Gasteiger partial charge in [-0.15, -0.1) is 0 Å². The third-order valence-electron chi connectivity index (χ3n) is 25.1. The van der Waals surface area contributed by atoms with Crippen LogP contribution in [0.25, 0.3) is 269 Å². The average Bonchev–Trinajstić information content (AvgIpc) is 1.61. The molecule has 0 amide bonds. The number of nitrogens with zero attached hydrogens (tertiary/aromatic N) is 15. The third-order valence-corrected chi connectivity index (χ3v) is 25.1. The Balaban J connectivity index is 0.000000111. The highest BCUT2D eigenvalue weighted by Gasteiger charge is 2.24. The molecule has 10 aromatic heterocycles. The zero-order valence-electron chi connectivity index (χ0n) is 75.2. The quantitative estimate of drug-likeness (QED) is 0.0928. The molecule has 18 heteroatoms. The highest BCUT2D eigenvalue weighted by Crippen LogP contribution is 2.44. The van der Waals surface area contributed by atoms with Crippen LogP contribution in [-0.2, 0) is 0 Å². The average molecular weight is 1810 g/mol. The van der Waals surface area contributed by atoms with Gasteiger partial charge in [-0.05, 0) is 146 Å². The molecule has 0 bridgehead atoms. The van der Waals surface area contributed by atoms with E-state index in [1.807, 2.05) is 273 Å². The molecule has 0 spiro atoms. The van der Waals surface area contributed by atoms with E-state index in [4.69, 9.17) is 88.0 Å². The maximum atomic E-state index is 6.23. The summed E-state index contributed by atoms with van der Waals surface area (Å²) >= 11 is 0. The molecule has 0 saturated carbocycles. The van der Waals surface area contributed by atoms with E-state index in [-0.39, 0.29) is 0 Å². The van der Waals surface area contributed by atoms with Gasteiger partial charge in [0, 0.05) is 78.0 Å². The second kappa shape index (κ2) is 36.3. The Bertz CT molecular complexity index is 9390. The first kappa shape index (κ1) is 83.3. The zero-order valence-corrected chi connectivity index (χ0v) is 75.2. The topological polar surface area (TPSA) is 233 Å². The van der Waals surface area contributed by atoms with E-state index in [9.17, 15) is 0 Å². The minimum absolute atomic E-state index is 0.535. The number of hydrogen-bond acceptors (Lipinski definition) is 18. The predicted octanol–water partition coefficient (Wildman–Crippen LogP) is 30.1. The molecule has 27 aromatic rings. The summed E-state index contributed by atoms with van der Waals surface area (Å²) in [6.45, 7) is 0. The lowest BCUT2D eigenvalue weighted by Gasteiger charge is -2.11. The van der Waals surface area contributed by atoms with Gasteiger partial charge >= 0.3 is 0 Å². The van der Waals surface area contributed by atoms with E-state index < -0.39 is 0 Å². The Hall–Kier alpha value is -19.6. The summed E-state index contributed by atoms with van der Waals surface area (Å²) < 4.78 is 18.5. The fraction of sp³-hybridized carbons (Fsp3) is 0. The summed E-state index contributed by atoms with van der Waals surface area (Å²) in [5.74, 6) is 5.51. The normalized spacial score (nSPS) is 11.4. The Morgan fingerprint density at radius 3 is 0.858 bits per heavy atom. The molecule has 0 unspecified atom stereocenters. The zero-order chi connectivity index (χ0) is 93.5. The van der Waals surface area contributed by atoms with Gasteiger partial charge in [0.25, 0.3) is 0 Å². The Morgan fingerprint density at radius 1 is 0.142 bits per heavy atom. The van der Waals surface area contributed by atoms with Crippen LogP contribution in [0.15, 0.2) is 468 Å². The summed E-state index contributed by atoms with van der Waals surface area (Å²) in [6.07, 6.45) is 1.80. The van der Waals surface area contributed by atoms with Crippen molar-refractivity contribution >= 4 is 99.6 Å². The van der Waals surface area contributed by atoms with Crippen LogP contribution < -0.4 is 0 Å². The molecule has 17 aromatic carbocycles. The standard InChI is InChI=1S/3C41H25N5O/c1-3-11-26(12-4-1)27-20-22-29(23-21-27)39-44-38(28-13-5-2-6-14-28)45-40(46-39)31-16-9-15-30(25-31)35-36-32-17-7-8-19-34(32)47-41(36)43-33-18-10-24-42-37(33)35;1-3-10-26(11-4-1)27-18-20-29(21-19-27)39-44-38(28-12-5-2-6-13-28)45-40(46-39)32-15-9-14-30(24-32)31-22-23-36-33(25-31)37-41(47-36)43-35-17-8-7-16-34(35)42-37;1-3-10-26(11-4-1)27-18-20-29(21-19-27)39-44-38(28-12-5-2-6-13-28)45-40(46-39)32-15-9-14-30(24-32)31-22-23-33-36(25-31)47-41-37(33)42-34-16-7-8-17-35(34)43-41/h3*1-25H. The van der Waals surface area contributed by atoms with Gasteiger partial charge in [-0.1, -0.05) is 364 Å². The van der Waals surface area contributed by atoms with Crippen molar-refractivity contribution in [3.8, 4) is 169 Å². The van der Waals surface area contributed by atoms with Crippen LogP contribution in [0, 0.1) is 0 Å². The Labute approximate surface area is 806 Å². The Morgan fingerprint density at radius 2 is 0.418 bits per heavy atom. The molecule has 10 heterocycles. The van der Waals surface area contributed by atoms with Gasteiger partial charge in [0.2, 0.25) is 17.1 Å². The summed E-state index contributed by atoms with van der Waals surface area (Å²) in [7, 11) is 0. The molecule has 0 N–H and O–H groups in total. The highest BCUT2D eigenvalue weighted by molar-refractivity contribution is 6.18. The van der Waals surface area contributed by atoms with Crippen molar-refractivity contribution in [1.29, 1.82) is 0 Å². The Kier molecular flexibility index (Phi) is 21.4. The molecule has 18 nitrogen and oxygen atoms in total. The van der Waals surface area contributed by atoms with Crippen molar-refractivity contribution < 1.29 is 13.3 Å². The molecule has 0 aliphatic carbocycles. The first-order valence-electron chi connectivity index (χ1n) is 46.3. The first-order valence-corrected chi connectivity index (χ1v) is 46.3. The fourth-order valence-electron chi connectivity index (χ4n) is 18.0. The third kappa shape index (κ3) is 16.7. The monoisotopic (exact) mass is 1810 g/mol. The molecular weight excluding hydrogens is 1740 g/mol. The predicted molar refractivity (Wildman–Crippen MR) is 562 cm³/mol. The van der Waals surface area contributed by atoms with E-state index in [1.54, 1.807) is 6.20 Å². The molecule has 0 atom stereocenters. The largest absolute Gasteiger partial charge is 0.438 e. The van der Waals surface area contributed by atoms with Crippen LogP contribution in [-0.4, -0.2) is 74.8 Å². The number of aromatic nitrogens is 15. The van der Waals surface area contributed by atoms with Crippen LogP contribution in [0.4, 0.5) is 0 Å². The van der Waals surface area contributed by atoms with Crippen molar-refractivity contribution in [3.63, 3.8) is 0 Å². The smallest absolute Gasteiger partial charge is 0.246 e. The number of benzene rings is 17. The van der Waals surface area contributed by atoms with E-state index >= 15 is 0 Å². The van der Waals surface area contributed by atoms with Gasteiger partial charge in [0.15, 0.2) is 52.4 Å². The van der Waals surface area contributed by atoms with Gasteiger partial charge in [0.05, 0.1) is 38.5 Å². The minimum atomic E-state index is 0.535. The lowest BCUT2D eigenvalue weighted by Crippen LogP contribution is -2.00. The van der Waals surface area contributed by atoms with Crippen LogP contribution >= 0.6 is 0 Å². The van der Waals surface area contributed by atoms with Crippen molar-refractivity contribution in [2.45, 2.75) is 0 Å². The summed E-state index contributed by atoms with van der Waals surface area (Å²) in [5, 5.41) is 3.79. The summed E-state index contributed by atoms with van der Waals surface area (Å²) in [6, 6.07) is 151. The number of para-hydroxylation sites is 5. The number of furan rings is 3. The van der Waals surface area contributed by atoms with Crippen LogP contribution in [0.3, 0.4) is 0 Å².